The van der Waals surface area contributed by atoms with Crippen molar-refractivity contribution >= 4 is 24.6 Å². The van der Waals surface area contributed by atoms with Crippen LogP contribution in [0.4, 0.5) is 0 Å². The first-order chi connectivity index (χ1) is 5.92. The van der Waals surface area contributed by atoms with Crippen LogP contribution in [0, 0.1) is 16.1 Å². The van der Waals surface area contributed by atoms with Crippen molar-refractivity contribution in [2.24, 2.45) is 11.5 Å². The molecule has 0 aliphatic carbocycles. The zero-order valence-electron chi connectivity index (χ0n) is 7.11. The molecule has 0 heterocycles. The number of hydrogen-bond donors (Lipinski definition) is 6. The molecule has 0 saturated heterocycles. The molecule has 8 heteroatoms. The van der Waals surface area contributed by atoms with Crippen molar-refractivity contribution in [3.63, 3.8) is 0 Å². The number of thiocyanates is 1. The Morgan fingerprint density at radius 1 is 1.77 bits per heavy atom. The van der Waals surface area contributed by atoms with Gasteiger partial charge in [0.25, 0.3) is 0 Å². The number of nitrogens with two attached hydrogens (primary N) is 2. The number of rotatable bonds is 2. The van der Waals surface area contributed by atoms with E-state index in [0.717, 1.165) is 0 Å². The number of aliphatic carboxylic acids is 1. The summed E-state index contributed by atoms with van der Waals surface area (Å²) in [6.07, 6.45) is 0. The van der Waals surface area contributed by atoms with Crippen molar-refractivity contribution in [3.8, 4) is 5.40 Å². The molecule has 0 radical (unpaired) electrons. The first kappa shape index (κ1) is 17.6. The second kappa shape index (κ2) is 16.9. The van der Waals surface area contributed by atoms with E-state index < -0.39 is 5.97 Å². The Labute approximate surface area is 81.6 Å². The zero-order valence-corrected chi connectivity index (χ0v) is 8.01. The summed E-state index contributed by atoms with van der Waals surface area (Å²) in [6, 6.07) is 0. The van der Waals surface area contributed by atoms with Gasteiger partial charge in [-0.1, -0.05) is 12.6 Å². The number of guanidine groups is 1. The molecule has 0 spiro atoms. The highest BCUT2D eigenvalue weighted by Gasteiger charge is 1.86. The number of hydrogen-bond acceptors (Lipinski definition) is 5. The zero-order chi connectivity index (χ0) is 11.3. The lowest BCUT2D eigenvalue weighted by Crippen LogP contribution is -2.20. The standard InChI is InChI=1S/C3H7NO2.CH5N3.CHNS/c1-4-2-3(5)6;2-1(3)4;2-1-3/h4H,2H2,1H3,(H,5,6);(H5,2,3,4);3H. The van der Waals surface area contributed by atoms with Crippen LogP contribution in [0.25, 0.3) is 0 Å². The van der Waals surface area contributed by atoms with Gasteiger partial charge in [-0.15, -0.1) is 0 Å². The number of carboxylic acids is 1. The molecule has 0 atom stereocenters. The molecular weight excluding hydrogens is 194 g/mol. The highest BCUT2D eigenvalue weighted by molar-refractivity contribution is 7.85. The van der Waals surface area contributed by atoms with Crippen LogP contribution in [0.3, 0.4) is 0 Å². The van der Waals surface area contributed by atoms with Gasteiger partial charge in [0.1, 0.15) is 5.40 Å². The molecule has 7 nitrogen and oxygen atoms in total. The van der Waals surface area contributed by atoms with Crippen LogP contribution in [0.5, 0.6) is 0 Å². The van der Waals surface area contributed by atoms with Crippen molar-refractivity contribution in [1.82, 2.24) is 5.32 Å². The average molecular weight is 207 g/mol. The minimum Gasteiger partial charge on any atom is -0.480 e. The van der Waals surface area contributed by atoms with E-state index in [0.29, 0.717) is 0 Å². The topological polar surface area (TPSA) is 149 Å². The summed E-state index contributed by atoms with van der Waals surface area (Å²) in [5.74, 6) is -1.16. The number of nitriles is 1. The Balaban J connectivity index is -0.000000125. The number of thiol groups is 1. The summed E-state index contributed by atoms with van der Waals surface area (Å²) in [5, 5.41) is 25.0. The lowest BCUT2D eigenvalue weighted by atomic mass is 10.7. The molecule has 0 bridgehead atoms. The van der Waals surface area contributed by atoms with Gasteiger partial charge in [0.15, 0.2) is 5.96 Å². The third-order valence-corrected chi connectivity index (χ3v) is 0.328. The number of nitrogens with one attached hydrogen (secondary N) is 2. The van der Waals surface area contributed by atoms with Gasteiger partial charge in [-0.05, 0) is 7.05 Å². The first-order valence-electron chi connectivity index (χ1n) is 2.91. The van der Waals surface area contributed by atoms with Crippen LogP contribution in [0.1, 0.15) is 0 Å². The minimum atomic E-state index is -0.822. The SMILES string of the molecule is CNCC(=O)O.N#CS.N=C(N)N. The van der Waals surface area contributed by atoms with E-state index in [4.69, 9.17) is 15.8 Å². The molecule has 0 rings (SSSR count). The summed E-state index contributed by atoms with van der Waals surface area (Å²) in [5.41, 5.74) is 8.94. The van der Waals surface area contributed by atoms with Gasteiger partial charge in [-0.25, -0.2) is 0 Å². The van der Waals surface area contributed by atoms with Crippen LogP contribution < -0.4 is 16.8 Å². The minimum absolute atomic E-state index is 0.0417. The van der Waals surface area contributed by atoms with Crippen molar-refractivity contribution in [3.05, 3.63) is 0 Å². The van der Waals surface area contributed by atoms with Crippen LogP contribution in [-0.4, -0.2) is 30.6 Å². The fraction of sp³-hybridized carbons (Fsp3) is 0.400. The molecule has 0 aromatic carbocycles. The fourth-order valence-electron chi connectivity index (χ4n) is 0.151. The molecule has 0 saturated carbocycles. The molecule has 0 unspecified atom stereocenters. The lowest BCUT2D eigenvalue weighted by molar-refractivity contribution is -0.135. The smallest absolute Gasteiger partial charge is 0.317 e. The molecule has 0 amide bonds. The van der Waals surface area contributed by atoms with Crippen LogP contribution in [0.15, 0.2) is 0 Å². The first-order valence-corrected chi connectivity index (χ1v) is 3.36. The predicted octanol–water partition coefficient (Wildman–Crippen LogP) is -1.47. The van der Waals surface area contributed by atoms with Gasteiger partial charge in [0.05, 0.1) is 6.54 Å². The second-order valence-corrected chi connectivity index (χ2v) is 1.68. The maximum Gasteiger partial charge on any atom is 0.317 e. The van der Waals surface area contributed by atoms with E-state index in [1.54, 1.807) is 7.05 Å². The van der Waals surface area contributed by atoms with Gasteiger partial charge in [0, 0.05) is 0 Å². The number of nitrogens with zero attached hydrogens (tertiary/aromatic N) is 1. The molecule has 13 heavy (non-hydrogen) atoms. The van der Waals surface area contributed by atoms with E-state index in [2.05, 4.69) is 29.4 Å². The van der Waals surface area contributed by atoms with Crippen molar-refractivity contribution in [2.75, 3.05) is 13.6 Å². The normalized spacial score (nSPS) is 6.23. The van der Waals surface area contributed by atoms with E-state index in [-0.39, 0.29) is 12.5 Å². The highest BCUT2D eigenvalue weighted by Crippen LogP contribution is 1.50. The van der Waals surface area contributed by atoms with E-state index in [1.165, 1.54) is 5.40 Å². The third-order valence-electron chi connectivity index (χ3n) is 0.328. The van der Waals surface area contributed by atoms with Gasteiger partial charge >= 0.3 is 5.97 Å². The molecule has 7 N–H and O–H groups in total. The summed E-state index contributed by atoms with van der Waals surface area (Å²) in [4.78, 5) is 9.54. The lowest BCUT2D eigenvalue weighted by Gasteiger charge is -1.84. The van der Waals surface area contributed by atoms with Gasteiger partial charge in [-0.2, -0.15) is 5.26 Å². The molecule has 0 aromatic rings. The molecule has 76 valence electrons. The maximum absolute atomic E-state index is 9.54. The monoisotopic (exact) mass is 207 g/mol. The summed E-state index contributed by atoms with van der Waals surface area (Å²) in [7, 11) is 1.59. The van der Waals surface area contributed by atoms with Gasteiger partial charge < -0.3 is 21.9 Å². The molecular formula is C5H13N5O2S. The molecule has 0 aromatic heterocycles. The van der Waals surface area contributed by atoms with Crippen molar-refractivity contribution < 1.29 is 9.90 Å². The highest BCUT2D eigenvalue weighted by atomic mass is 32.1. The number of carboxylic acid groups (broad SMARTS) is 1. The van der Waals surface area contributed by atoms with E-state index in [1.807, 2.05) is 0 Å². The summed E-state index contributed by atoms with van der Waals surface area (Å²) >= 11 is 3.09. The Hall–Kier alpha value is -1.46. The van der Waals surface area contributed by atoms with Crippen LogP contribution in [0.2, 0.25) is 0 Å². The maximum atomic E-state index is 9.54. The van der Waals surface area contributed by atoms with Crippen molar-refractivity contribution in [1.29, 1.82) is 10.7 Å². The Bertz CT molecular complexity index is 174. The van der Waals surface area contributed by atoms with E-state index in [9.17, 15) is 4.79 Å². The van der Waals surface area contributed by atoms with Crippen molar-refractivity contribution in [2.45, 2.75) is 0 Å². The Morgan fingerprint density at radius 3 is 2.00 bits per heavy atom. The van der Waals surface area contributed by atoms with E-state index >= 15 is 0 Å². The molecule has 0 aliphatic heterocycles. The van der Waals surface area contributed by atoms with Gasteiger partial charge in [-0.3, -0.25) is 10.2 Å². The molecule has 0 aliphatic rings. The van der Waals surface area contributed by atoms with Gasteiger partial charge in [0.2, 0.25) is 0 Å². The second-order valence-electron chi connectivity index (χ2n) is 1.48. The van der Waals surface area contributed by atoms with Crippen LogP contribution in [-0.2, 0) is 4.79 Å². The largest absolute Gasteiger partial charge is 0.480 e. The van der Waals surface area contributed by atoms with Crippen LogP contribution >= 0.6 is 12.6 Å². The number of likely N-dealkylation sites (N-methyl/N-ethyl adjacent to an activating group) is 1. The number of carbonyl (C=O) groups is 1. The predicted molar refractivity (Wildman–Crippen MR) is 52.3 cm³/mol. The summed E-state index contributed by atoms with van der Waals surface area (Å²) < 4.78 is 0. The molecule has 0 fully saturated rings. The quantitative estimate of drug-likeness (QED) is 0.141. The Morgan fingerprint density at radius 2 is 2.00 bits per heavy atom. The fourth-order valence-corrected chi connectivity index (χ4v) is 0.151. The summed E-state index contributed by atoms with van der Waals surface area (Å²) in [6.45, 7) is 0.0417. The third kappa shape index (κ3) is 324. The Kier molecular flexibility index (Phi) is 22.8. The average Bonchev–Trinajstić information content (AvgIpc) is 1.86.